The lowest BCUT2D eigenvalue weighted by molar-refractivity contribution is -0.0485. The number of hydrogen-bond acceptors (Lipinski definition) is 2. The topological polar surface area (TPSA) is 29.5 Å². The molecule has 1 aromatic rings. The fraction of sp³-hybridized carbons (Fsp3) is 0.571. The lowest BCUT2D eigenvalue weighted by Crippen LogP contribution is -2.37. The van der Waals surface area contributed by atoms with Gasteiger partial charge in [0.25, 0.3) is 0 Å². The minimum Gasteiger partial charge on any atom is -0.493 e. The normalized spacial score (nSPS) is 18.8. The van der Waals surface area contributed by atoms with Crippen molar-refractivity contribution in [3.05, 3.63) is 29.3 Å². The van der Waals surface area contributed by atoms with Gasteiger partial charge in [0.05, 0.1) is 12.2 Å². The molecular weight excluding hydrogens is 200 g/mol. The lowest BCUT2D eigenvalue weighted by atomic mass is 9.73. The highest BCUT2D eigenvalue weighted by Crippen LogP contribution is 2.45. The molecule has 2 nitrogen and oxygen atoms in total. The monoisotopic (exact) mass is 220 g/mol. The van der Waals surface area contributed by atoms with Crippen LogP contribution >= 0.6 is 0 Å². The quantitative estimate of drug-likeness (QED) is 0.788. The first-order chi connectivity index (χ1) is 7.34. The molecular formula is C14H20O2. The van der Waals surface area contributed by atoms with Gasteiger partial charge in [0.15, 0.2) is 0 Å². The third-order valence-corrected chi connectivity index (χ3v) is 3.70. The Labute approximate surface area is 97.3 Å². The fourth-order valence-electron chi connectivity index (χ4n) is 2.00. The molecule has 0 radical (unpaired) electrons. The van der Waals surface area contributed by atoms with Crippen molar-refractivity contribution in [2.75, 3.05) is 6.61 Å². The van der Waals surface area contributed by atoms with Crippen molar-refractivity contribution < 1.29 is 9.84 Å². The minimum atomic E-state index is -0.872. The van der Waals surface area contributed by atoms with Crippen molar-refractivity contribution in [1.82, 2.24) is 0 Å². The van der Waals surface area contributed by atoms with E-state index in [4.69, 9.17) is 4.74 Å². The van der Waals surface area contributed by atoms with E-state index in [0.717, 1.165) is 24.3 Å². The molecule has 88 valence electrons. The van der Waals surface area contributed by atoms with E-state index < -0.39 is 5.60 Å². The van der Waals surface area contributed by atoms with Gasteiger partial charge in [0.1, 0.15) is 5.75 Å². The maximum absolute atomic E-state index is 10.7. The number of ether oxygens (including phenoxy) is 1. The molecule has 1 atom stereocenters. The smallest absolute Gasteiger partial charge is 0.128 e. The molecule has 0 amide bonds. The molecule has 16 heavy (non-hydrogen) atoms. The maximum atomic E-state index is 10.7. The molecule has 0 saturated heterocycles. The molecule has 1 aromatic carbocycles. The molecule has 1 N–H and O–H groups in total. The van der Waals surface area contributed by atoms with Crippen LogP contribution in [0.25, 0.3) is 0 Å². The van der Waals surface area contributed by atoms with Gasteiger partial charge in [-0.3, -0.25) is 0 Å². The van der Waals surface area contributed by atoms with Crippen LogP contribution in [-0.2, 0) is 12.0 Å². The van der Waals surface area contributed by atoms with Crippen LogP contribution < -0.4 is 4.74 Å². The summed E-state index contributed by atoms with van der Waals surface area (Å²) in [5.41, 5.74) is 1.04. The Kier molecular flexibility index (Phi) is 2.50. The molecule has 1 aliphatic heterocycles. The second-order valence-corrected chi connectivity index (χ2v) is 5.71. The second-order valence-electron chi connectivity index (χ2n) is 5.71. The Bertz CT molecular complexity index is 400. The van der Waals surface area contributed by atoms with Gasteiger partial charge in [0.2, 0.25) is 0 Å². The molecule has 0 saturated carbocycles. The first-order valence-electron chi connectivity index (χ1n) is 5.81. The Morgan fingerprint density at radius 3 is 2.50 bits per heavy atom. The number of hydrogen-bond donors (Lipinski definition) is 1. The highest BCUT2D eigenvalue weighted by atomic mass is 16.5. The van der Waals surface area contributed by atoms with E-state index in [1.54, 1.807) is 0 Å². The molecule has 0 aromatic heterocycles. The van der Waals surface area contributed by atoms with E-state index in [2.05, 4.69) is 6.07 Å². The average molecular weight is 220 g/mol. The predicted octanol–water partition coefficient (Wildman–Crippen LogP) is 2.88. The highest BCUT2D eigenvalue weighted by molar-refractivity contribution is 5.47. The first-order valence-corrected chi connectivity index (χ1v) is 5.81. The van der Waals surface area contributed by atoms with Gasteiger partial charge in [-0.25, -0.2) is 0 Å². The maximum Gasteiger partial charge on any atom is 0.128 e. The van der Waals surface area contributed by atoms with Crippen LogP contribution in [0, 0.1) is 5.41 Å². The van der Waals surface area contributed by atoms with Crippen LogP contribution in [0.1, 0.15) is 38.8 Å². The molecule has 0 bridgehead atoms. The second kappa shape index (κ2) is 3.49. The Balaban J connectivity index is 2.53. The summed E-state index contributed by atoms with van der Waals surface area (Å²) >= 11 is 0. The van der Waals surface area contributed by atoms with Crippen molar-refractivity contribution >= 4 is 0 Å². The molecule has 1 aliphatic rings. The summed E-state index contributed by atoms with van der Waals surface area (Å²) in [6.07, 6.45) is 0.948. The lowest BCUT2D eigenvalue weighted by Gasteiger charge is -2.38. The number of benzene rings is 1. The number of rotatable bonds is 1. The molecule has 1 unspecified atom stereocenters. The van der Waals surface area contributed by atoms with Crippen LogP contribution in [0.2, 0.25) is 0 Å². The van der Waals surface area contributed by atoms with Gasteiger partial charge in [-0.15, -0.1) is 0 Å². The molecule has 0 fully saturated rings. The zero-order chi connectivity index (χ0) is 12.0. The molecule has 1 heterocycles. The van der Waals surface area contributed by atoms with Gasteiger partial charge in [0, 0.05) is 12.0 Å². The summed E-state index contributed by atoms with van der Waals surface area (Å²) in [6, 6.07) is 6.04. The first kappa shape index (κ1) is 11.5. The fourth-order valence-corrected chi connectivity index (χ4v) is 2.00. The average Bonchev–Trinajstić information content (AvgIpc) is 2.62. The van der Waals surface area contributed by atoms with Crippen LogP contribution in [0.5, 0.6) is 5.75 Å². The van der Waals surface area contributed by atoms with E-state index >= 15 is 0 Å². The molecule has 2 heteroatoms. The summed E-state index contributed by atoms with van der Waals surface area (Å²) in [5, 5.41) is 10.7. The number of aliphatic hydroxyl groups is 1. The van der Waals surface area contributed by atoms with Crippen LogP contribution in [-0.4, -0.2) is 11.7 Å². The van der Waals surface area contributed by atoms with Crippen LogP contribution in [0.15, 0.2) is 18.2 Å². The highest BCUT2D eigenvalue weighted by Gasteiger charge is 2.40. The van der Waals surface area contributed by atoms with E-state index in [1.165, 1.54) is 5.56 Å². The molecule has 0 aliphatic carbocycles. The van der Waals surface area contributed by atoms with Crippen molar-refractivity contribution in [3.8, 4) is 5.75 Å². The van der Waals surface area contributed by atoms with E-state index in [0.29, 0.717) is 0 Å². The summed E-state index contributed by atoms with van der Waals surface area (Å²) in [5.74, 6) is 0.891. The van der Waals surface area contributed by atoms with E-state index in [9.17, 15) is 5.11 Å². The van der Waals surface area contributed by atoms with Crippen molar-refractivity contribution in [2.45, 2.75) is 39.7 Å². The van der Waals surface area contributed by atoms with Crippen molar-refractivity contribution in [3.63, 3.8) is 0 Å². The zero-order valence-corrected chi connectivity index (χ0v) is 10.5. The van der Waals surface area contributed by atoms with Gasteiger partial charge >= 0.3 is 0 Å². The van der Waals surface area contributed by atoms with Crippen molar-refractivity contribution in [2.24, 2.45) is 5.41 Å². The van der Waals surface area contributed by atoms with Crippen LogP contribution in [0.3, 0.4) is 0 Å². The Morgan fingerprint density at radius 1 is 1.19 bits per heavy atom. The number of fused-ring (bicyclic) bond motifs is 1. The molecule has 2 rings (SSSR count). The summed E-state index contributed by atoms with van der Waals surface area (Å²) in [6.45, 7) is 8.72. The predicted molar refractivity (Wildman–Crippen MR) is 64.7 cm³/mol. The summed E-state index contributed by atoms with van der Waals surface area (Å²) in [7, 11) is 0. The van der Waals surface area contributed by atoms with Crippen molar-refractivity contribution in [1.29, 1.82) is 0 Å². The third kappa shape index (κ3) is 1.61. The summed E-state index contributed by atoms with van der Waals surface area (Å²) < 4.78 is 5.65. The van der Waals surface area contributed by atoms with E-state index in [-0.39, 0.29) is 5.41 Å². The largest absolute Gasteiger partial charge is 0.493 e. The van der Waals surface area contributed by atoms with Gasteiger partial charge in [-0.05, 0) is 17.9 Å². The Morgan fingerprint density at radius 2 is 1.88 bits per heavy atom. The van der Waals surface area contributed by atoms with Gasteiger partial charge in [-0.1, -0.05) is 39.0 Å². The standard InChI is InChI=1S/C14H20O2/c1-13(2,3)14(4,15)11-7-5-6-10-8-9-16-12(10)11/h5-7,15H,8-9H2,1-4H3. The molecule has 0 spiro atoms. The van der Waals surface area contributed by atoms with E-state index in [1.807, 2.05) is 39.8 Å². The zero-order valence-electron chi connectivity index (χ0n) is 10.5. The third-order valence-electron chi connectivity index (χ3n) is 3.70. The van der Waals surface area contributed by atoms with Gasteiger partial charge in [-0.2, -0.15) is 0 Å². The van der Waals surface area contributed by atoms with Gasteiger partial charge < -0.3 is 9.84 Å². The van der Waals surface area contributed by atoms with Crippen LogP contribution in [0.4, 0.5) is 0 Å². The minimum absolute atomic E-state index is 0.214. The number of para-hydroxylation sites is 1. The SMILES string of the molecule is CC(C)(C)C(C)(O)c1cccc2c1OCC2. The Hall–Kier alpha value is -1.02. The summed E-state index contributed by atoms with van der Waals surface area (Å²) in [4.78, 5) is 0.